The molecule has 0 aromatic heterocycles. The lowest BCUT2D eigenvalue weighted by atomic mass is 9.41. The number of rotatable bonds is 5. The maximum absolute atomic E-state index is 14.3. The molecule has 206 valence electrons. The van der Waals surface area contributed by atoms with Gasteiger partial charge in [0.05, 0.1) is 23.5 Å². The summed E-state index contributed by atoms with van der Waals surface area (Å²) in [5.41, 5.74) is -0.712. The summed E-state index contributed by atoms with van der Waals surface area (Å²) in [6.07, 6.45) is 3.89. The Morgan fingerprint density at radius 1 is 1.29 bits per heavy atom. The van der Waals surface area contributed by atoms with Crippen LogP contribution in [0.5, 0.6) is 0 Å². The van der Waals surface area contributed by atoms with E-state index in [9.17, 15) is 29.0 Å². The molecular formula is C29H39BO7S. The van der Waals surface area contributed by atoms with Crippen LogP contribution in [-0.2, 0) is 31.6 Å². The minimum absolute atomic E-state index is 0.0262. The number of carboxylic acids is 1. The second-order valence-corrected chi connectivity index (χ2v) is 14.3. The van der Waals surface area contributed by atoms with Gasteiger partial charge in [0, 0.05) is 22.6 Å². The van der Waals surface area contributed by atoms with Crippen LogP contribution in [0.3, 0.4) is 0 Å². The third-order valence-electron chi connectivity index (χ3n) is 11.3. The summed E-state index contributed by atoms with van der Waals surface area (Å²) in [5, 5.41) is 31.4. The zero-order valence-corrected chi connectivity index (χ0v) is 23.5. The maximum Gasteiger partial charge on any atom is 0.491 e. The Hall–Kier alpha value is -1.81. The monoisotopic (exact) mass is 542 g/mol. The lowest BCUT2D eigenvalue weighted by Crippen LogP contribution is -2.63. The van der Waals surface area contributed by atoms with Crippen molar-refractivity contribution in [1.29, 1.82) is 0 Å². The highest BCUT2D eigenvalue weighted by atomic mass is 32.2. The fourth-order valence-electron chi connectivity index (χ4n) is 8.79. The molecular weight excluding hydrogens is 503 g/mol. The molecule has 38 heavy (non-hydrogen) atoms. The molecule has 4 aliphatic rings. The van der Waals surface area contributed by atoms with E-state index < -0.39 is 63.3 Å². The summed E-state index contributed by atoms with van der Waals surface area (Å²) in [7, 11) is -3.13. The van der Waals surface area contributed by atoms with E-state index in [0.29, 0.717) is 23.2 Å². The average molecular weight is 543 g/mol. The Labute approximate surface area is 227 Å². The van der Waals surface area contributed by atoms with Gasteiger partial charge in [0.2, 0.25) is 0 Å². The molecule has 10 atom stereocenters. The summed E-state index contributed by atoms with van der Waals surface area (Å²) in [6.45, 7) is 12.4. The number of Topliss-reactive ketones (excluding diaryl/α,β-unsaturated/α-hetero) is 1. The molecule has 2 bridgehead atoms. The van der Waals surface area contributed by atoms with E-state index in [1.54, 1.807) is 24.3 Å². The normalized spacial score (nSPS) is 42.0. The summed E-state index contributed by atoms with van der Waals surface area (Å²) in [4.78, 5) is 27.1. The standard InChI is InChI=1S/C29H39BO7S/c1-6-27(4)14-20(23(26(33)34)38(36)19-8-7-18-15-37-30(35)21(18)13-19)28(5)16(2)9-11-29(17(3)25(27)32)12-10-22(31)24(28)29/h6-8,13,16-17,20,23-25,32,35H,1,9-12,14-15H2,2-5H3,(H,33,34)/t16-,17+,20+,23?,24+,25+,27-,28+,29+,38?/m1/s1. The number of hydrogen-bond donors (Lipinski definition) is 3. The van der Waals surface area contributed by atoms with Crippen LogP contribution in [0, 0.1) is 39.9 Å². The first kappa shape index (κ1) is 27.8. The molecule has 1 aromatic rings. The van der Waals surface area contributed by atoms with Gasteiger partial charge in [0.25, 0.3) is 0 Å². The fraction of sp³-hybridized carbons (Fsp3) is 0.655. The summed E-state index contributed by atoms with van der Waals surface area (Å²) in [6, 6.07) is 4.96. The second-order valence-electron chi connectivity index (χ2n) is 12.8. The molecule has 1 aromatic carbocycles. The van der Waals surface area contributed by atoms with Crippen molar-refractivity contribution in [2.75, 3.05) is 0 Å². The molecule has 0 amide bonds. The number of fused-ring (bicyclic) bond motifs is 1. The van der Waals surface area contributed by atoms with Gasteiger partial charge in [-0.15, -0.1) is 6.58 Å². The summed E-state index contributed by atoms with van der Waals surface area (Å²) < 4.78 is 19.5. The van der Waals surface area contributed by atoms with Gasteiger partial charge in [0.15, 0.2) is 0 Å². The number of carbonyl (C=O) groups excluding carboxylic acids is 1. The van der Waals surface area contributed by atoms with E-state index >= 15 is 0 Å². The number of carboxylic acid groups (broad SMARTS) is 1. The maximum atomic E-state index is 14.3. The highest BCUT2D eigenvalue weighted by Gasteiger charge is 2.69. The SMILES string of the molecule is C=C[C@]1(C)C[C@@H](C(C(=O)O)S(=O)c2ccc3c(c2)B(O)OC3)[C@]2(C)[C@H](C)CC[C@]3(CCC(=O)[C@H]32)[C@@H](C)[C@@H]1O. The number of ketones is 1. The van der Waals surface area contributed by atoms with E-state index in [0.717, 1.165) is 18.4 Å². The first-order chi connectivity index (χ1) is 17.8. The molecule has 3 fully saturated rings. The number of aliphatic carboxylic acids is 1. The van der Waals surface area contributed by atoms with Crippen molar-refractivity contribution in [3.05, 3.63) is 36.4 Å². The number of hydrogen-bond acceptors (Lipinski definition) is 6. The van der Waals surface area contributed by atoms with Crippen LogP contribution >= 0.6 is 0 Å². The third kappa shape index (κ3) is 3.75. The molecule has 1 heterocycles. The molecule has 0 radical (unpaired) electrons. The van der Waals surface area contributed by atoms with Gasteiger partial charge < -0.3 is 19.9 Å². The zero-order valence-electron chi connectivity index (χ0n) is 22.7. The predicted octanol–water partition coefficient (Wildman–Crippen LogP) is 3.08. The van der Waals surface area contributed by atoms with Gasteiger partial charge in [-0.1, -0.05) is 39.8 Å². The Bertz CT molecular complexity index is 1200. The molecule has 0 saturated heterocycles. The molecule has 3 aliphatic carbocycles. The average Bonchev–Trinajstić information content (AvgIpc) is 3.44. The molecule has 5 rings (SSSR count). The van der Waals surface area contributed by atoms with E-state index in [2.05, 4.69) is 13.5 Å². The number of carbonyl (C=O) groups is 2. The Morgan fingerprint density at radius 3 is 2.66 bits per heavy atom. The molecule has 3 saturated carbocycles. The quantitative estimate of drug-likeness (QED) is 0.386. The van der Waals surface area contributed by atoms with Crippen molar-refractivity contribution in [2.24, 2.45) is 39.9 Å². The van der Waals surface area contributed by atoms with Gasteiger partial charge >= 0.3 is 13.1 Å². The number of benzene rings is 1. The molecule has 3 N–H and O–H groups in total. The molecule has 9 heteroatoms. The number of aliphatic hydroxyl groups excluding tert-OH is 1. The zero-order chi connectivity index (χ0) is 27.8. The van der Waals surface area contributed by atoms with Crippen LogP contribution in [-0.4, -0.2) is 49.7 Å². The number of aliphatic hydroxyl groups is 1. The minimum Gasteiger partial charge on any atom is -0.480 e. The van der Waals surface area contributed by atoms with Gasteiger partial charge in [0.1, 0.15) is 11.0 Å². The third-order valence-corrected chi connectivity index (χ3v) is 13.0. The van der Waals surface area contributed by atoms with Crippen molar-refractivity contribution >= 4 is 35.1 Å². The van der Waals surface area contributed by atoms with E-state index in [-0.39, 0.29) is 30.6 Å². The van der Waals surface area contributed by atoms with Crippen molar-refractivity contribution < 1.29 is 33.7 Å². The largest absolute Gasteiger partial charge is 0.491 e. The van der Waals surface area contributed by atoms with Crippen LogP contribution in [0.15, 0.2) is 35.7 Å². The van der Waals surface area contributed by atoms with Gasteiger partial charge in [-0.25, -0.2) is 0 Å². The van der Waals surface area contributed by atoms with Crippen LogP contribution in [0.25, 0.3) is 0 Å². The highest BCUT2D eigenvalue weighted by Crippen LogP contribution is 2.69. The van der Waals surface area contributed by atoms with E-state index in [4.69, 9.17) is 4.65 Å². The molecule has 0 spiro atoms. The van der Waals surface area contributed by atoms with Crippen molar-refractivity contribution in [2.45, 2.75) is 82.7 Å². The Balaban J connectivity index is 1.70. The van der Waals surface area contributed by atoms with Crippen LogP contribution in [0.4, 0.5) is 0 Å². The molecule has 1 aliphatic heterocycles. The first-order valence-electron chi connectivity index (χ1n) is 13.7. The van der Waals surface area contributed by atoms with Crippen molar-refractivity contribution in [3.63, 3.8) is 0 Å². The first-order valence-corrected chi connectivity index (χ1v) is 14.9. The summed E-state index contributed by atoms with van der Waals surface area (Å²) in [5.74, 6) is -2.26. The molecule has 7 nitrogen and oxygen atoms in total. The molecule has 2 unspecified atom stereocenters. The topological polar surface area (TPSA) is 121 Å². The smallest absolute Gasteiger partial charge is 0.480 e. The van der Waals surface area contributed by atoms with Gasteiger partial charge in [-0.3, -0.25) is 13.8 Å². The fourth-order valence-corrected chi connectivity index (χ4v) is 10.4. The minimum atomic E-state index is -1.99. The van der Waals surface area contributed by atoms with E-state index in [1.807, 2.05) is 20.8 Å². The lowest BCUT2D eigenvalue weighted by molar-refractivity contribution is -0.179. The predicted molar refractivity (Wildman–Crippen MR) is 145 cm³/mol. The van der Waals surface area contributed by atoms with Gasteiger partial charge in [-0.2, -0.15) is 0 Å². The van der Waals surface area contributed by atoms with Crippen LogP contribution in [0.2, 0.25) is 0 Å². The van der Waals surface area contributed by atoms with Crippen molar-refractivity contribution in [1.82, 2.24) is 0 Å². The van der Waals surface area contributed by atoms with Crippen LogP contribution < -0.4 is 5.46 Å². The Kier molecular flexibility index (Phi) is 6.86. The highest BCUT2D eigenvalue weighted by molar-refractivity contribution is 7.86. The van der Waals surface area contributed by atoms with Crippen LogP contribution in [0.1, 0.15) is 65.4 Å². The lowest BCUT2D eigenvalue weighted by Gasteiger charge is -2.63. The van der Waals surface area contributed by atoms with Gasteiger partial charge in [-0.05, 0) is 77.4 Å². The Morgan fingerprint density at radius 2 is 2.00 bits per heavy atom. The second kappa shape index (κ2) is 9.39. The summed E-state index contributed by atoms with van der Waals surface area (Å²) >= 11 is 0. The van der Waals surface area contributed by atoms with Crippen molar-refractivity contribution in [3.8, 4) is 0 Å². The van der Waals surface area contributed by atoms with E-state index in [1.165, 1.54) is 0 Å².